The molecule has 0 spiro atoms. The number of aromatic hydroxyl groups is 1. The van der Waals surface area contributed by atoms with Crippen LogP contribution in [0.5, 0.6) is 5.75 Å². The van der Waals surface area contributed by atoms with E-state index in [4.69, 9.17) is 17.2 Å². The van der Waals surface area contributed by atoms with Crippen LogP contribution >= 0.6 is 11.8 Å². The van der Waals surface area contributed by atoms with Gasteiger partial charge in [0, 0.05) is 118 Å². The number of hydrogen-bond donors (Lipinski definition) is 19. The van der Waals surface area contributed by atoms with Crippen LogP contribution in [-0.4, -0.2) is 322 Å². The fraction of sp³-hybridized carbons (Fsp3) is 0.538. The Kier molecular flexibility index (Phi) is 37.7. The van der Waals surface area contributed by atoms with E-state index in [0.29, 0.717) is 75.3 Å². The lowest BCUT2D eigenvalue weighted by Gasteiger charge is -2.36. The molecule has 3 aromatic carbocycles. The smallest absolute Gasteiger partial charge is 0.267 e. The normalized spacial score (nSPS) is 25.5. The molecule has 0 unspecified atom stereocenters. The minimum atomic E-state index is -3.84. The van der Waals surface area contributed by atoms with Crippen LogP contribution in [0.15, 0.2) is 97.7 Å². The van der Waals surface area contributed by atoms with Gasteiger partial charge in [0.15, 0.2) is 0 Å². The molecule has 0 bridgehead atoms. The number of phenols is 1. The summed E-state index contributed by atoms with van der Waals surface area (Å²) in [5.74, 6) is -23.2. The Morgan fingerprint density at radius 1 is 0.566 bits per heavy atom. The van der Waals surface area contributed by atoms with Crippen molar-refractivity contribution in [1.82, 2.24) is 97.6 Å². The van der Waals surface area contributed by atoms with Gasteiger partial charge in [-0.05, 0) is 98.4 Å². The van der Waals surface area contributed by atoms with Crippen LogP contribution in [-0.2, 0) is 107 Å². The van der Waals surface area contributed by atoms with Gasteiger partial charge >= 0.3 is 0 Å². The van der Waals surface area contributed by atoms with Crippen molar-refractivity contribution >= 4 is 134 Å². The summed E-state index contributed by atoms with van der Waals surface area (Å²) in [5.41, 5.74) is 19.8. The molecular weight excluding hydrogens is 1790 g/mol. The van der Waals surface area contributed by atoms with Crippen molar-refractivity contribution in [2.75, 3.05) is 64.9 Å². The fourth-order valence-electron chi connectivity index (χ4n) is 17.4. The third-order valence-electron chi connectivity index (χ3n) is 24.6. The SMILES string of the molecule is CCCC[C@H]1C(=O)N(C)[C@@H](CCCC)C(=O)N[C@@H](CCCN)C(=O)N[C@H](C(=O)NCC(N)=O)CSCC(=O)N[C@@H](Cc2ccc(O)cc2)C(=O)N2CC(F)(F)C[C@H]2C(=O)N[C@@H](CC(N)=O)C(=O)N2CCC[C@H]2C(=O)N[C@@H](Cc2cnc[nH]2)C(=O)N[C@@H](CC(C)C)C(=O)N2C[C@H](O)C[C@H]2C(=O)N[C@@H](Cc2c[nH]c3ccccc23)C(=O)N[C@@H](CO)C(=O)N[C@@H](Cc2c[nH]c3ccccc23)C(=O)N1C. The summed E-state index contributed by atoms with van der Waals surface area (Å²) < 4.78 is 32.2. The summed E-state index contributed by atoms with van der Waals surface area (Å²) in [6.07, 6.45) is 1.54. The number of amides is 17. The van der Waals surface area contributed by atoms with Crippen molar-refractivity contribution < 1.29 is 106 Å². The molecule has 738 valence electrons. The quantitative estimate of drug-likeness (QED) is 0.0293. The van der Waals surface area contributed by atoms with Gasteiger partial charge in [0.25, 0.3) is 5.92 Å². The van der Waals surface area contributed by atoms with E-state index in [1.807, 2.05) is 13.8 Å². The number of para-hydroxylation sites is 2. The van der Waals surface area contributed by atoms with E-state index in [1.165, 1.54) is 50.9 Å². The van der Waals surface area contributed by atoms with Crippen molar-refractivity contribution in [1.29, 1.82) is 0 Å². The number of likely N-dealkylation sites (N-methyl/N-ethyl adjacent to an activating group) is 2. The molecule has 4 saturated heterocycles. The number of nitrogens with one attached hydrogen (secondary N) is 13. The third kappa shape index (κ3) is 28.0. The molecule has 7 heterocycles. The summed E-state index contributed by atoms with van der Waals surface area (Å²) in [7, 11) is 2.67. The molecule has 136 heavy (non-hydrogen) atoms. The summed E-state index contributed by atoms with van der Waals surface area (Å²) in [4.78, 5) is 269. The van der Waals surface area contributed by atoms with Crippen LogP contribution in [0.25, 0.3) is 21.8 Å². The van der Waals surface area contributed by atoms with Crippen molar-refractivity contribution in [3.05, 3.63) is 120 Å². The second-order valence-electron chi connectivity index (χ2n) is 35.3. The number of thioether (sulfide) groups is 1. The Morgan fingerprint density at radius 3 is 1.71 bits per heavy atom. The highest BCUT2D eigenvalue weighted by atomic mass is 32.2. The van der Waals surface area contributed by atoms with E-state index in [-0.39, 0.29) is 94.3 Å². The zero-order valence-electron chi connectivity index (χ0n) is 76.7. The van der Waals surface area contributed by atoms with E-state index in [2.05, 4.69) is 73.1 Å². The number of rotatable bonds is 25. The molecule has 15 atom stereocenters. The monoisotopic (exact) mass is 1910 g/mol. The molecule has 10 rings (SSSR count). The fourth-order valence-corrected chi connectivity index (χ4v) is 18.3. The van der Waals surface area contributed by atoms with Gasteiger partial charge in [0.05, 0.1) is 44.3 Å². The Hall–Kier alpha value is -13.2. The number of aliphatic hydroxyl groups excluding tert-OH is 2. The average Bonchev–Trinajstić information content (AvgIpc) is 1.63. The predicted molar refractivity (Wildman–Crippen MR) is 492 cm³/mol. The van der Waals surface area contributed by atoms with Gasteiger partial charge in [-0.2, -0.15) is 0 Å². The van der Waals surface area contributed by atoms with Crippen molar-refractivity contribution in [2.24, 2.45) is 23.1 Å². The number of primary amides is 2. The molecule has 0 radical (unpaired) electrons. The Bertz CT molecular complexity index is 5280. The first-order valence-electron chi connectivity index (χ1n) is 45.6. The molecule has 0 saturated carbocycles. The van der Waals surface area contributed by atoms with Gasteiger partial charge in [-0.3, -0.25) is 81.5 Å². The maximum absolute atomic E-state index is 16.1. The lowest BCUT2D eigenvalue weighted by atomic mass is 10.00. The van der Waals surface area contributed by atoms with Gasteiger partial charge < -0.3 is 125 Å². The Morgan fingerprint density at radius 2 is 1.10 bits per heavy atom. The van der Waals surface area contributed by atoms with Crippen LogP contribution in [0.3, 0.4) is 0 Å². The lowest BCUT2D eigenvalue weighted by molar-refractivity contribution is -0.149. The van der Waals surface area contributed by atoms with E-state index in [1.54, 1.807) is 74.8 Å². The molecule has 22 N–H and O–H groups in total. The van der Waals surface area contributed by atoms with E-state index in [0.717, 1.165) is 19.6 Å². The number of aromatic nitrogens is 4. The highest BCUT2D eigenvalue weighted by Crippen LogP contribution is 2.35. The van der Waals surface area contributed by atoms with Gasteiger partial charge in [0.1, 0.15) is 90.3 Å². The number of imidazole rings is 1. The maximum atomic E-state index is 16.1. The first-order chi connectivity index (χ1) is 64.8. The number of nitrogens with two attached hydrogens (primary N) is 3. The number of aromatic amines is 3. The zero-order valence-corrected chi connectivity index (χ0v) is 77.5. The molecular formula is C91H124F2N22O20S. The predicted octanol–water partition coefficient (Wildman–Crippen LogP) is -2.06. The van der Waals surface area contributed by atoms with Crippen LogP contribution < -0.4 is 70.4 Å². The number of hydrogen-bond acceptors (Lipinski definition) is 23. The van der Waals surface area contributed by atoms with Crippen LogP contribution in [0.1, 0.15) is 140 Å². The number of phenolic OH excluding ortho intramolecular Hbond substituents is 1. The molecule has 4 aliphatic rings. The molecule has 0 aliphatic carbocycles. The second kappa shape index (κ2) is 48.8. The molecule has 42 nitrogen and oxygen atoms in total. The number of unbranched alkanes of at least 4 members (excludes halogenated alkanes) is 2. The third-order valence-corrected chi connectivity index (χ3v) is 25.6. The summed E-state index contributed by atoms with van der Waals surface area (Å²) in [6, 6.07) is -4.18. The zero-order chi connectivity index (χ0) is 98.9. The van der Waals surface area contributed by atoms with Gasteiger partial charge in [0.2, 0.25) is 100 Å². The minimum absolute atomic E-state index is 0.0159. The minimum Gasteiger partial charge on any atom is -0.508 e. The maximum Gasteiger partial charge on any atom is 0.267 e. The van der Waals surface area contributed by atoms with Gasteiger partial charge in [-0.25, -0.2) is 13.8 Å². The van der Waals surface area contributed by atoms with Gasteiger partial charge in [-0.15, -0.1) is 11.8 Å². The second-order valence-corrected chi connectivity index (χ2v) is 36.4. The summed E-state index contributed by atoms with van der Waals surface area (Å²) >= 11 is 0.679. The molecule has 17 amide bonds. The van der Waals surface area contributed by atoms with Crippen molar-refractivity contribution in [2.45, 2.75) is 240 Å². The Balaban J connectivity index is 1.02. The van der Waals surface area contributed by atoms with Crippen LogP contribution in [0.4, 0.5) is 8.78 Å². The highest BCUT2D eigenvalue weighted by Gasteiger charge is 2.53. The molecule has 45 heteroatoms. The number of carbonyl (C=O) groups is 17. The number of aliphatic hydroxyl groups is 2. The molecule has 6 aromatic rings. The lowest BCUT2D eigenvalue weighted by Crippen LogP contribution is -2.62. The van der Waals surface area contributed by atoms with E-state index in [9.17, 15) is 53.7 Å². The van der Waals surface area contributed by atoms with Crippen LogP contribution in [0, 0.1) is 5.92 Å². The highest BCUT2D eigenvalue weighted by molar-refractivity contribution is 8.00. The largest absolute Gasteiger partial charge is 0.508 e. The topological polar surface area (TPSA) is 626 Å². The molecule has 4 aliphatic heterocycles. The number of fused-ring (bicyclic) bond motifs is 5. The number of carbonyl (C=O) groups excluding carboxylic acids is 17. The Labute approximate surface area is 787 Å². The molecule has 3 aromatic heterocycles. The van der Waals surface area contributed by atoms with Crippen LogP contribution in [0.2, 0.25) is 0 Å². The molecule has 4 fully saturated rings. The number of H-pyrrole nitrogens is 3. The standard InChI is InChI=1S/C91H124F2N22O20S/c1-7-9-22-69-82(127)103-60(21-15-29-94)78(123)110-68(77(122)100-42-75(96)120)45-136-46-76(121)102-64(32-50-25-27-54(117)28-26-50)89(134)115-47-91(92,93)38-73(115)85(130)108-66(37-74(95)119)87(132)113-30-16-24-70(113)83(128)105-62(35-53-41-97-48-101-53)80(125)106-63(31-49(3)4)88(133)114-43-55(118)36-72(114)84(129)104-61(33-51-39-98-58-19-13-11-17-56(51)58)79(124)109-67(44-116)81(126)107-65(34-52-40-99-59-20-14-12-18-57(52)59)86(131)112(6)71(23-10-8-2)90(135)111(69)5/h11-14,17-20,25-28,39-41,48-49,55,60-73,98-99,116-118H,7-10,15-16,21-24,29-38,42-47,94H2,1-6H3,(H2,95,119)(H2,96,120)(H,97,101)(H,100,122)(H,102,121)(H,103,127)(H,104,129)(H,105,128)(H,106,125)(H,107,126)(H,108,130)(H,109,124)(H,110,123)/t55-,60+,61+,62+,63+,64+,65+,66+,67+,68+,69+,70+,71+,72+,73+/m1/s1. The average molecular weight is 1920 g/mol. The van der Waals surface area contributed by atoms with Gasteiger partial charge in [-0.1, -0.05) is 102 Å². The number of nitrogens with zero attached hydrogens (tertiary/aromatic N) is 6. The van der Waals surface area contributed by atoms with E-state index < -0.39 is 266 Å². The van der Waals surface area contributed by atoms with E-state index >= 15 is 51.9 Å². The summed E-state index contributed by atoms with van der Waals surface area (Å²) in [6.45, 7) is 3.04. The first-order valence-corrected chi connectivity index (χ1v) is 46.8. The van der Waals surface area contributed by atoms with Crippen molar-refractivity contribution in [3.63, 3.8) is 0 Å². The number of alkyl halides is 2. The first kappa shape index (κ1) is 105. The summed E-state index contributed by atoms with van der Waals surface area (Å²) in [5, 5.41) is 60.0. The number of halogens is 2. The van der Waals surface area contributed by atoms with Crippen molar-refractivity contribution in [3.8, 4) is 5.75 Å². The number of benzene rings is 3.